The molecule has 1 fully saturated rings. The molecule has 2 rings (SSSR count). The van der Waals surface area contributed by atoms with Crippen molar-refractivity contribution in [2.45, 2.75) is 136 Å². The highest BCUT2D eigenvalue weighted by Gasteiger charge is 2.43. The average molecular weight is 732 g/mol. The molecule has 0 aromatic heterocycles. The van der Waals surface area contributed by atoms with Crippen molar-refractivity contribution in [3.05, 3.63) is 36.0 Å². The second-order valence-corrected chi connectivity index (χ2v) is 15.3. The lowest BCUT2D eigenvalue weighted by Gasteiger charge is -2.41. The van der Waals surface area contributed by atoms with Gasteiger partial charge in [-0.1, -0.05) is 85.3 Å². The summed E-state index contributed by atoms with van der Waals surface area (Å²) in [6.45, 7) is 15.9. The Morgan fingerprint density at radius 1 is 0.942 bits per heavy atom. The van der Waals surface area contributed by atoms with Crippen molar-refractivity contribution in [1.29, 1.82) is 0 Å². The van der Waals surface area contributed by atoms with Crippen molar-refractivity contribution >= 4 is 23.6 Å². The molecule has 1 saturated heterocycles. The molecular weight excluding hydrogens is 662 g/mol. The Morgan fingerprint density at radius 2 is 1.60 bits per heavy atom. The molecule has 296 valence electrons. The Kier molecular flexibility index (Phi) is 18.7. The molecule has 0 saturated carbocycles. The van der Waals surface area contributed by atoms with Crippen LogP contribution in [0, 0.1) is 23.7 Å². The lowest BCUT2D eigenvalue weighted by atomic mass is 9.89. The van der Waals surface area contributed by atoms with Crippen LogP contribution in [0.1, 0.15) is 87.5 Å². The smallest absolute Gasteiger partial charge is 0.245 e. The van der Waals surface area contributed by atoms with E-state index in [-0.39, 0.29) is 53.8 Å². The molecule has 0 bridgehead atoms. The van der Waals surface area contributed by atoms with Crippen molar-refractivity contribution in [2.24, 2.45) is 23.7 Å². The Bertz CT molecular complexity index is 1270. The SMILES string of the molecule is CCC(C)C(C(CC(=O)N1CCCC1C(OC)C(C)C(=O)NC(C)C(O)C1=CC=CC=CC1)OC)N(C)C(=O)[C@@H](NC(=O)C(NC)C(C)C)C(C)C. The van der Waals surface area contributed by atoms with E-state index in [1.54, 1.807) is 52.0 Å². The molecule has 12 heteroatoms. The zero-order valence-electron chi connectivity index (χ0n) is 33.8. The molecular formula is C40H69N5O7. The molecule has 4 N–H and O–H groups in total. The summed E-state index contributed by atoms with van der Waals surface area (Å²) in [7, 11) is 6.58. The lowest BCUT2D eigenvalue weighted by Crippen LogP contribution is -2.59. The van der Waals surface area contributed by atoms with Gasteiger partial charge in [-0.05, 0) is 56.6 Å². The summed E-state index contributed by atoms with van der Waals surface area (Å²) >= 11 is 0. The van der Waals surface area contributed by atoms with Gasteiger partial charge >= 0.3 is 0 Å². The highest BCUT2D eigenvalue weighted by atomic mass is 16.5. The molecule has 9 unspecified atom stereocenters. The van der Waals surface area contributed by atoms with E-state index < -0.39 is 48.4 Å². The Balaban J connectivity index is 2.23. The highest BCUT2D eigenvalue weighted by molar-refractivity contribution is 5.90. The number of allylic oxidation sites excluding steroid dienone is 5. The number of likely N-dealkylation sites (tertiary alicyclic amines) is 1. The minimum atomic E-state index is -0.846. The first-order chi connectivity index (χ1) is 24.5. The summed E-state index contributed by atoms with van der Waals surface area (Å²) in [4.78, 5) is 58.4. The Hall–Kier alpha value is -3.06. The van der Waals surface area contributed by atoms with Gasteiger partial charge in [-0.3, -0.25) is 19.2 Å². The number of likely N-dealkylation sites (N-methyl/N-ethyl adjacent to an activating group) is 2. The van der Waals surface area contributed by atoms with E-state index in [1.165, 1.54) is 0 Å². The minimum Gasteiger partial charge on any atom is -0.387 e. The largest absolute Gasteiger partial charge is 0.387 e. The summed E-state index contributed by atoms with van der Waals surface area (Å²) < 4.78 is 11.9. The van der Waals surface area contributed by atoms with Crippen molar-refractivity contribution in [2.75, 3.05) is 34.9 Å². The van der Waals surface area contributed by atoms with Crippen LogP contribution in [0.2, 0.25) is 0 Å². The number of rotatable bonds is 20. The molecule has 4 amide bonds. The predicted molar refractivity (Wildman–Crippen MR) is 205 cm³/mol. The topological polar surface area (TPSA) is 150 Å². The van der Waals surface area contributed by atoms with E-state index in [4.69, 9.17) is 9.47 Å². The van der Waals surface area contributed by atoms with Gasteiger partial charge in [0, 0.05) is 27.8 Å². The van der Waals surface area contributed by atoms with Crippen LogP contribution in [0.15, 0.2) is 36.0 Å². The number of aliphatic hydroxyl groups excluding tert-OH is 1. The number of ether oxygens (including phenoxy) is 2. The number of amides is 4. The van der Waals surface area contributed by atoms with Crippen molar-refractivity contribution < 1.29 is 33.8 Å². The van der Waals surface area contributed by atoms with E-state index >= 15 is 0 Å². The summed E-state index contributed by atoms with van der Waals surface area (Å²) in [5.41, 5.74) is 0.815. The number of hydrogen-bond donors (Lipinski definition) is 4. The number of aliphatic hydroxyl groups is 1. The Labute approximate surface area is 313 Å². The van der Waals surface area contributed by atoms with Gasteiger partial charge in [0.15, 0.2) is 0 Å². The van der Waals surface area contributed by atoms with E-state index in [2.05, 4.69) is 16.0 Å². The number of carbonyl (C=O) groups excluding carboxylic acids is 4. The normalized spacial score (nSPS) is 21.3. The first kappa shape index (κ1) is 45.1. The molecule has 0 spiro atoms. The van der Waals surface area contributed by atoms with Crippen LogP contribution in [0.4, 0.5) is 0 Å². The predicted octanol–water partition coefficient (Wildman–Crippen LogP) is 3.60. The van der Waals surface area contributed by atoms with Crippen LogP contribution in [-0.4, -0.2) is 122 Å². The van der Waals surface area contributed by atoms with Crippen LogP contribution in [0.25, 0.3) is 0 Å². The van der Waals surface area contributed by atoms with Crippen LogP contribution in [0.5, 0.6) is 0 Å². The van der Waals surface area contributed by atoms with Crippen molar-refractivity contribution in [3.8, 4) is 0 Å². The zero-order chi connectivity index (χ0) is 39.3. The van der Waals surface area contributed by atoms with Gasteiger partial charge in [0.2, 0.25) is 23.6 Å². The van der Waals surface area contributed by atoms with Crippen molar-refractivity contribution in [1.82, 2.24) is 25.8 Å². The standard InChI is InChI=1S/C40H69N5O7/c1-13-26(6)35(44(10)40(50)34(25(4)5)43-39(49)33(41-9)24(2)3)31(51-11)23-32(46)45-22-18-21-30(45)37(52-12)27(7)38(48)42-28(8)36(47)29-19-16-14-15-17-20-29/h14-17,19,24-28,30-31,33-37,41,47H,13,18,20-23H2,1-12H3,(H,42,48)(H,43,49)/t26?,27?,28?,30?,31?,33?,34-,35?,36?,37?/m0/s1. The van der Waals surface area contributed by atoms with Crippen LogP contribution in [-0.2, 0) is 28.7 Å². The molecule has 0 aromatic rings. The molecule has 10 atom stereocenters. The fourth-order valence-corrected chi connectivity index (χ4v) is 7.62. The quantitative estimate of drug-likeness (QED) is 0.149. The molecule has 0 radical (unpaired) electrons. The van der Waals surface area contributed by atoms with Crippen molar-refractivity contribution in [3.63, 3.8) is 0 Å². The van der Waals surface area contributed by atoms with Gasteiger partial charge in [-0.2, -0.15) is 0 Å². The summed E-state index contributed by atoms with van der Waals surface area (Å²) in [6, 6.07) is -2.50. The third-order valence-electron chi connectivity index (χ3n) is 11.0. The number of carbonyl (C=O) groups is 4. The number of nitrogens with one attached hydrogen (secondary N) is 3. The number of nitrogens with zero attached hydrogens (tertiary/aromatic N) is 2. The van der Waals surface area contributed by atoms with Crippen LogP contribution < -0.4 is 16.0 Å². The molecule has 1 heterocycles. The third-order valence-corrected chi connectivity index (χ3v) is 11.0. The van der Waals surface area contributed by atoms with Gasteiger partial charge in [0.1, 0.15) is 6.04 Å². The number of hydrogen-bond acceptors (Lipinski definition) is 8. The fourth-order valence-electron chi connectivity index (χ4n) is 7.62. The fraction of sp³-hybridized carbons (Fsp3) is 0.750. The molecule has 2 aliphatic rings. The summed E-state index contributed by atoms with van der Waals surface area (Å²) in [5.74, 6) is -1.61. The molecule has 12 nitrogen and oxygen atoms in total. The Morgan fingerprint density at radius 3 is 2.15 bits per heavy atom. The maximum Gasteiger partial charge on any atom is 0.245 e. The molecule has 0 aromatic carbocycles. The average Bonchev–Trinajstić information content (AvgIpc) is 3.43. The number of methoxy groups -OCH3 is 2. The summed E-state index contributed by atoms with van der Waals surface area (Å²) in [5, 5.41) is 20.0. The molecule has 1 aliphatic carbocycles. The molecule has 52 heavy (non-hydrogen) atoms. The van der Waals surface area contributed by atoms with Crippen LogP contribution in [0.3, 0.4) is 0 Å². The maximum atomic E-state index is 14.1. The summed E-state index contributed by atoms with van der Waals surface area (Å²) in [6.07, 6.45) is 10.3. The van der Waals surface area contributed by atoms with Crippen LogP contribution >= 0.6 is 0 Å². The second-order valence-electron chi connectivity index (χ2n) is 15.3. The van der Waals surface area contributed by atoms with Gasteiger partial charge < -0.3 is 40.3 Å². The van der Waals surface area contributed by atoms with Gasteiger partial charge in [0.25, 0.3) is 0 Å². The monoisotopic (exact) mass is 732 g/mol. The first-order valence-electron chi connectivity index (χ1n) is 19.2. The zero-order valence-corrected chi connectivity index (χ0v) is 33.8. The van der Waals surface area contributed by atoms with E-state index in [1.807, 2.05) is 71.9 Å². The minimum absolute atomic E-state index is 0.0149. The van der Waals surface area contributed by atoms with Gasteiger partial charge in [-0.15, -0.1) is 0 Å². The highest BCUT2D eigenvalue weighted by Crippen LogP contribution is 2.30. The van der Waals surface area contributed by atoms with E-state index in [0.29, 0.717) is 19.4 Å². The second kappa shape index (κ2) is 21.6. The van der Waals surface area contributed by atoms with Gasteiger partial charge in [0.05, 0.1) is 54.8 Å². The van der Waals surface area contributed by atoms with E-state index in [9.17, 15) is 24.3 Å². The van der Waals surface area contributed by atoms with Gasteiger partial charge in [-0.25, -0.2) is 0 Å². The third kappa shape index (κ3) is 11.7. The molecule has 1 aliphatic heterocycles. The first-order valence-corrected chi connectivity index (χ1v) is 19.2. The lowest BCUT2D eigenvalue weighted by molar-refractivity contribution is -0.148. The van der Waals surface area contributed by atoms with E-state index in [0.717, 1.165) is 18.4 Å². The maximum absolute atomic E-state index is 14.1.